The molecule has 0 N–H and O–H groups in total. The lowest BCUT2D eigenvalue weighted by molar-refractivity contribution is 0.407. The van der Waals surface area contributed by atoms with Gasteiger partial charge in [-0.05, 0) is 63.1 Å². The number of ether oxygens (including phenoxy) is 1. The molecule has 250 valence electrons. The van der Waals surface area contributed by atoms with Crippen LogP contribution in [0, 0.1) is 56.8 Å². The Balaban J connectivity index is 0.000000191. The first-order valence-corrected chi connectivity index (χ1v) is 15.4. The second kappa shape index (κ2) is 14.7. The molecular formula is C37H27Cl2F5N4O. The van der Waals surface area contributed by atoms with Crippen molar-refractivity contribution in [3.05, 3.63) is 135 Å². The van der Waals surface area contributed by atoms with E-state index in [4.69, 9.17) is 27.9 Å². The fraction of sp³-hybridized carbons (Fsp3) is 0.135. The Bertz CT molecular complexity index is 2130. The Labute approximate surface area is 289 Å². The Morgan fingerprint density at radius 3 is 1.08 bits per heavy atom. The molecule has 0 saturated heterocycles. The molecule has 6 aromatic rings. The Kier molecular flexibility index (Phi) is 10.6. The summed E-state index contributed by atoms with van der Waals surface area (Å²) >= 11 is 11.9. The number of halogens is 7. The standard InChI is InChI=1S/C19H15ClF2N2O.C18H12ClF3N2/c1-10-17(12-4-6-13(20)7-5-12)18(11(2)24-23-10)19-15(21)8-14(25-3)9-16(19)22;1-9-16(11-3-5-12(19)6-4-11)17(10(2)24-23-9)18-14(21)7-13(20)8-15(18)22/h4-9H,1-3H3;3-8H,1-2H3. The van der Waals surface area contributed by atoms with Crippen molar-refractivity contribution >= 4 is 23.2 Å². The van der Waals surface area contributed by atoms with Gasteiger partial charge in [-0.25, -0.2) is 22.0 Å². The first kappa shape index (κ1) is 35.4. The van der Waals surface area contributed by atoms with Gasteiger partial charge in [0.1, 0.15) is 34.8 Å². The highest BCUT2D eigenvalue weighted by Gasteiger charge is 2.24. The number of hydrogen-bond acceptors (Lipinski definition) is 5. The minimum Gasteiger partial charge on any atom is -0.497 e. The highest BCUT2D eigenvalue weighted by molar-refractivity contribution is 6.31. The summed E-state index contributed by atoms with van der Waals surface area (Å²) in [7, 11) is 1.36. The summed E-state index contributed by atoms with van der Waals surface area (Å²) in [4.78, 5) is 0. The van der Waals surface area contributed by atoms with E-state index in [0.29, 0.717) is 67.2 Å². The number of methoxy groups -OCH3 is 1. The fourth-order valence-electron chi connectivity index (χ4n) is 5.46. The smallest absolute Gasteiger partial charge is 0.137 e. The van der Waals surface area contributed by atoms with Gasteiger partial charge in [-0.1, -0.05) is 47.5 Å². The van der Waals surface area contributed by atoms with E-state index in [-0.39, 0.29) is 22.4 Å². The molecule has 2 heterocycles. The molecule has 12 heteroatoms. The molecule has 0 aliphatic rings. The lowest BCUT2D eigenvalue weighted by Crippen LogP contribution is -2.03. The largest absolute Gasteiger partial charge is 0.497 e. The molecule has 0 radical (unpaired) electrons. The average Bonchev–Trinajstić information content (AvgIpc) is 3.05. The molecule has 2 aromatic heterocycles. The van der Waals surface area contributed by atoms with Crippen molar-refractivity contribution in [3.8, 4) is 50.3 Å². The molecule has 5 nitrogen and oxygen atoms in total. The Hall–Kier alpha value is -4.93. The van der Waals surface area contributed by atoms with E-state index in [1.165, 1.54) is 7.11 Å². The molecule has 0 atom stereocenters. The summed E-state index contributed by atoms with van der Waals surface area (Å²) in [6.45, 7) is 6.71. The van der Waals surface area contributed by atoms with Crippen molar-refractivity contribution in [2.75, 3.05) is 7.11 Å². The van der Waals surface area contributed by atoms with Crippen molar-refractivity contribution in [1.29, 1.82) is 0 Å². The third-order valence-electron chi connectivity index (χ3n) is 7.67. The number of hydrogen-bond donors (Lipinski definition) is 0. The van der Waals surface area contributed by atoms with Gasteiger partial charge in [-0.3, -0.25) is 0 Å². The van der Waals surface area contributed by atoms with Crippen LogP contribution in [0.4, 0.5) is 22.0 Å². The van der Waals surface area contributed by atoms with E-state index in [1.54, 1.807) is 76.2 Å². The molecule has 0 spiro atoms. The number of nitrogens with zero attached hydrogens (tertiary/aromatic N) is 4. The summed E-state index contributed by atoms with van der Waals surface area (Å²) in [6, 6.07) is 17.4. The molecule has 6 rings (SSSR count). The van der Waals surface area contributed by atoms with E-state index in [2.05, 4.69) is 20.4 Å². The molecule has 0 aliphatic heterocycles. The Morgan fingerprint density at radius 2 is 0.755 bits per heavy atom. The summed E-state index contributed by atoms with van der Waals surface area (Å²) in [5.41, 5.74) is 4.57. The summed E-state index contributed by atoms with van der Waals surface area (Å²) < 4.78 is 76.1. The van der Waals surface area contributed by atoms with Crippen LogP contribution in [0.5, 0.6) is 5.75 Å². The van der Waals surface area contributed by atoms with Crippen molar-refractivity contribution in [1.82, 2.24) is 20.4 Å². The van der Waals surface area contributed by atoms with Gasteiger partial charge in [0.2, 0.25) is 0 Å². The monoisotopic (exact) mass is 708 g/mol. The lowest BCUT2D eigenvalue weighted by Gasteiger charge is -2.16. The summed E-state index contributed by atoms with van der Waals surface area (Å²) in [6.07, 6.45) is 0. The van der Waals surface area contributed by atoms with Crippen LogP contribution in [0.1, 0.15) is 22.8 Å². The third-order valence-corrected chi connectivity index (χ3v) is 8.18. The van der Waals surface area contributed by atoms with E-state index >= 15 is 0 Å². The SMILES string of the molecule is COc1cc(F)c(-c2c(C)nnc(C)c2-c2ccc(Cl)cc2)c(F)c1.Cc1nnc(C)c(-c2c(F)cc(F)cc2F)c1-c1ccc(Cl)cc1. The van der Waals surface area contributed by atoms with Crippen molar-refractivity contribution in [2.24, 2.45) is 0 Å². The van der Waals surface area contributed by atoms with E-state index in [0.717, 1.165) is 17.7 Å². The normalized spacial score (nSPS) is 10.9. The lowest BCUT2D eigenvalue weighted by atomic mass is 9.92. The minimum absolute atomic E-state index is 0.114. The molecule has 0 saturated carbocycles. The molecule has 4 aromatic carbocycles. The number of rotatable bonds is 5. The zero-order chi connectivity index (χ0) is 35.6. The average molecular weight is 710 g/mol. The quantitative estimate of drug-likeness (QED) is 0.167. The maximum absolute atomic E-state index is 14.7. The second-order valence-electron chi connectivity index (χ2n) is 11.0. The Morgan fingerprint density at radius 1 is 0.449 bits per heavy atom. The molecule has 0 bridgehead atoms. The van der Waals surface area contributed by atoms with Crippen LogP contribution < -0.4 is 4.74 Å². The first-order valence-electron chi connectivity index (χ1n) is 14.7. The maximum Gasteiger partial charge on any atom is 0.137 e. The predicted octanol–water partition coefficient (Wildman–Crippen LogP) is 10.9. The highest BCUT2D eigenvalue weighted by Crippen LogP contribution is 2.40. The van der Waals surface area contributed by atoms with Crippen molar-refractivity contribution in [2.45, 2.75) is 27.7 Å². The van der Waals surface area contributed by atoms with Crippen LogP contribution in [-0.4, -0.2) is 27.5 Å². The second-order valence-corrected chi connectivity index (χ2v) is 11.8. The third kappa shape index (κ3) is 7.40. The van der Waals surface area contributed by atoms with Crippen LogP contribution in [0.2, 0.25) is 10.0 Å². The summed E-state index contributed by atoms with van der Waals surface area (Å²) in [5.74, 6) is -4.28. The van der Waals surface area contributed by atoms with E-state index in [9.17, 15) is 22.0 Å². The van der Waals surface area contributed by atoms with Gasteiger partial charge in [-0.15, -0.1) is 0 Å². The fourth-order valence-corrected chi connectivity index (χ4v) is 5.71. The number of benzene rings is 4. The minimum atomic E-state index is -0.988. The van der Waals surface area contributed by atoms with Gasteiger partial charge in [0.25, 0.3) is 0 Å². The van der Waals surface area contributed by atoms with Crippen LogP contribution in [0.15, 0.2) is 72.8 Å². The topological polar surface area (TPSA) is 60.8 Å². The van der Waals surface area contributed by atoms with Crippen LogP contribution >= 0.6 is 23.2 Å². The molecule has 0 amide bonds. The predicted molar refractivity (Wildman–Crippen MR) is 181 cm³/mol. The van der Waals surface area contributed by atoms with Gasteiger partial charge in [0, 0.05) is 56.6 Å². The summed E-state index contributed by atoms with van der Waals surface area (Å²) in [5, 5.41) is 17.3. The number of aromatic nitrogens is 4. The zero-order valence-corrected chi connectivity index (χ0v) is 28.3. The molecule has 0 unspecified atom stereocenters. The van der Waals surface area contributed by atoms with Gasteiger partial charge < -0.3 is 4.74 Å². The maximum atomic E-state index is 14.7. The van der Waals surface area contributed by atoms with Crippen LogP contribution in [-0.2, 0) is 0 Å². The van der Waals surface area contributed by atoms with Crippen molar-refractivity contribution in [3.63, 3.8) is 0 Å². The molecule has 0 aliphatic carbocycles. The van der Waals surface area contributed by atoms with Gasteiger partial charge in [0.05, 0.1) is 41.0 Å². The molecular weight excluding hydrogens is 682 g/mol. The van der Waals surface area contributed by atoms with E-state index in [1.807, 2.05) is 0 Å². The van der Waals surface area contributed by atoms with Gasteiger partial charge >= 0.3 is 0 Å². The van der Waals surface area contributed by atoms with Crippen LogP contribution in [0.25, 0.3) is 44.5 Å². The van der Waals surface area contributed by atoms with Crippen LogP contribution in [0.3, 0.4) is 0 Å². The van der Waals surface area contributed by atoms with Gasteiger partial charge in [-0.2, -0.15) is 20.4 Å². The van der Waals surface area contributed by atoms with E-state index < -0.39 is 29.1 Å². The first-order chi connectivity index (χ1) is 23.3. The van der Waals surface area contributed by atoms with Crippen molar-refractivity contribution < 1.29 is 26.7 Å². The highest BCUT2D eigenvalue weighted by atomic mass is 35.5. The molecule has 49 heavy (non-hydrogen) atoms. The number of aryl methyl sites for hydroxylation is 4. The zero-order valence-electron chi connectivity index (χ0n) is 26.8. The molecule has 0 fully saturated rings. The van der Waals surface area contributed by atoms with Gasteiger partial charge in [0.15, 0.2) is 0 Å².